The number of nitrogens with zero attached hydrogens (tertiary/aromatic N) is 2. The summed E-state index contributed by atoms with van der Waals surface area (Å²) in [6.45, 7) is 5.48. The van der Waals surface area contributed by atoms with Gasteiger partial charge in [-0.3, -0.25) is 14.5 Å². The Hall–Kier alpha value is -2.81. The lowest BCUT2D eigenvalue weighted by atomic mass is 9.81. The van der Waals surface area contributed by atoms with Gasteiger partial charge in [-0.15, -0.1) is 0 Å². The topological polar surface area (TPSA) is 87.9 Å². The van der Waals surface area contributed by atoms with E-state index in [9.17, 15) is 14.0 Å². The van der Waals surface area contributed by atoms with Crippen LogP contribution >= 0.6 is 0 Å². The van der Waals surface area contributed by atoms with Gasteiger partial charge in [0.2, 0.25) is 5.91 Å². The van der Waals surface area contributed by atoms with Crippen molar-refractivity contribution < 1.29 is 18.7 Å². The quantitative estimate of drug-likeness (QED) is 0.455. The fraction of sp³-hybridized carbons (Fsp3) is 0.548. The van der Waals surface area contributed by atoms with Crippen LogP contribution in [-0.2, 0) is 16.1 Å². The lowest BCUT2D eigenvalue weighted by molar-refractivity contribution is -0.125. The molecule has 2 amide bonds. The Bertz CT molecular complexity index is 1080. The van der Waals surface area contributed by atoms with Crippen LogP contribution < -0.4 is 11.1 Å². The number of aryl methyl sites for hydroxylation is 1. The molecule has 1 saturated heterocycles. The van der Waals surface area contributed by atoms with Crippen molar-refractivity contribution in [2.45, 2.75) is 57.7 Å². The Labute approximate surface area is 231 Å². The van der Waals surface area contributed by atoms with Gasteiger partial charge in [0.1, 0.15) is 11.9 Å². The molecule has 0 spiro atoms. The highest BCUT2D eigenvalue weighted by atomic mass is 19.1. The van der Waals surface area contributed by atoms with Crippen molar-refractivity contribution in [3.63, 3.8) is 0 Å². The first-order chi connectivity index (χ1) is 18.9. The molecule has 4 unspecified atom stereocenters. The maximum atomic E-state index is 13.7. The number of likely N-dealkylation sites (tertiary alicyclic amines) is 1. The number of hydrogen-bond acceptors (Lipinski definition) is 5. The van der Waals surface area contributed by atoms with E-state index in [-0.39, 0.29) is 23.7 Å². The smallest absolute Gasteiger partial charge is 0.254 e. The number of rotatable bonds is 11. The van der Waals surface area contributed by atoms with Gasteiger partial charge in [0.25, 0.3) is 5.91 Å². The van der Waals surface area contributed by atoms with E-state index in [0.29, 0.717) is 63.2 Å². The molecule has 1 saturated carbocycles. The van der Waals surface area contributed by atoms with Crippen molar-refractivity contribution in [3.05, 3.63) is 71.0 Å². The average Bonchev–Trinajstić information content (AvgIpc) is 3.40. The SMILES string of the molecule is COCCN(Cc1ccc(F)cc1)C1CC(C(=O)NCC2CCCC(CN)C2)N(C(=O)c2ccc(C)cc2)C1. The van der Waals surface area contributed by atoms with Gasteiger partial charge in [0.05, 0.1) is 6.61 Å². The third kappa shape index (κ3) is 7.87. The van der Waals surface area contributed by atoms with Crippen LogP contribution in [0.25, 0.3) is 0 Å². The molecule has 7 nitrogen and oxygen atoms in total. The van der Waals surface area contributed by atoms with E-state index in [2.05, 4.69) is 10.2 Å². The Morgan fingerprint density at radius 2 is 1.79 bits per heavy atom. The zero-order chi connectivity index (χ0) is 27.8. The Morgan fingerprint density at radius 1 is 1.08 bits per heavy atom. The highest BCUT2D eigenvalue weighted by Gasteiger charge is 2.42. The Kier molecular flexibility index (Phi) is 10.5. The largest absolute Gasteiger partial charge is 0.383 e. The average molecular weight is 539 g/mol. The fourth-order valence-corrected chi connectivity index (χ4v) is 6.00. The second-order valence-corrected chi connectivity index (χ2v) is 11.2. The summed E-state index contributed by atoms with van der Waals surface area (Å²) in [4.78, 5) is 31.3. The van der Waals surface area contributed by atoms with Crippen LogP contribution in [0.5, 0.6) is 0 Å². The molecule has 2 aromatic rings. The Balaban J connectivity index is 1.51. The molecule has 0 aromatic heterocycles. The number of nitrogens with two attached hydrogens (primary N) is 1. The van der Waals surface area contributed by atoms with E-state index in [1.807, 2.05) is 31.2 Å². The maximum Gasteiger partial charge on any atom is 0.254 e. The summed E-state index contributed by atoms with van der Waals surface area (Å²) < 4.78 is 18.9. The number of hydrogen-bond donors (Lipinski definition) is 2. The number of carbonyl (C=O) groups excluding carboxylic acids is 2. The third-order valence-corrected chi connectivity index (χ3v) is 8.33. The van der Waals surface area contributed by atoms with E-state index < -0.39 is 6.04 Å². The van der Waals surface area contributed by atoms with Crippen molar-refractivity contribution in [2.75, 3.05) is 39.9 Å². The number of amides is 2. The first kappa shape index (κ1) is 29.2. The summed E-state index contributed by atoms with van der Waals surface area (Å²) in [5.74, 6) is 0.446. The van der Waals surface area contributed by atoms with Crippen molar-refractivity contribution >= 4 is 11.8 Å². The first-order valence-corrected chi connectivity index (χ1v) is 14.2. The molecule has 2 aliphatic rings. The number of benzene rings is 2. The summed E-state index contributed by atoms with van der Waals surface area (Å²) in [7, 11) is 1.66. The van der Waals surface area contributed by atoms with Crippen LogP contribution in [0.4, 0.5) is 4.39 Å². The molecular weight excluding hydrogens is 495 g/mol. The van der Waals surface area contributed by atoms with Crippen molar-refractivity contribution in [1.29, 1.82) is 0 Å². The Morgan fingerprint density at radius 3 is 2.49 bits per heavy atom. The molecule has 4 atom stereocenters. The van der Waals surface area contributed by atoms with Gasteiger partial charge in [-0.1, -0.05) is 36.2 Å². The van der Waals surface area contributed by atoms with Gasteiger partial charge in [-0.25, -0.2) is 4.39 Å². The van der Waals surface area contributed by atoms with Gasteiger partial charge in [-0.05, 0) is 80.8 Å². The molecule has 4 rings (SSSR count). The lowest BCUT2D eigenvalue weighted by Crippen LogP contribution is -2.47. The molecule has 1 aliphatic carbocycles. The maximum absolute atomic E-state index is 13.7. The van der Waals surface area contributed by atoms with Crippen LogP contribution in [-0.4, -0.2) is 73.6 Å². The second kappa shape index (κ2) is 14.0. The van der Waals surface area contributed by atoms with Crippen LogP contribution in [0.3, 0.4) is 0 Å². The predicted octanol–water partition coefficient (Wildman–Crippen LogP) is 3.75. The molecule has 3 N–H and O–H groups in total. The molecule has 0 radical (unpaired) electrons. The predicted molar refractivity (Wildman–Crippen MR) is 151 cm³/mol. The zero-order valence-corrected chi connectivity index (χ0v) is 23.3. The fourth-order valence-electron chi connectivity index (χ4n) is 6.00. The minimum atomic E-state index is -0.559. The molecule has 212 valence electrons. The van der Waals surface area contributed by atoms with Gasteiger partial charge < -0.3 is 20.7 Å². The van der Waals surface area contributed by atoms with E-state index in [1.165, 1.54) is 12.1 Å². The van der Waals surface area contributed by atoms with E-state index in [1.54, 1.807) is 24.1 Å². The van der Waals surface area contributed by atoms with Crippen molar-refractivity contribution in [1.82, 2.24) is 15.1 Å². The third-order valence-electron chi connectivity index (χ3n) is 8.33. The highest BCUT2D eigenvalue weighted by molar-refractivity contribution is 5.98. The van der Waals surface area contributed by atoms with Gasteiger partial charge >= 0.3 is 0 Å². The van der Waals surface area contributed by atoms with Crippen LogP contribution in [0.15, 0.2) is 48.5 Å². The molecule has 8 heteroatoms. The molecule has 1 heterocycles. The van der Waals surface area contributed by atoms with Gasteiger partial charge in [0, 0.05) is 44.9 Å². The normalized spacial score (nSPS) is 23.3. The summed E-state index contributed by atoms with van der Waals surface area (Å²) in [5, 5.41) is 3.18. The number of methoxy groups -OCH3 is 1. The number of nitrogens with one attached hydrogen (secondary N) is 1. The van der Waals surface area contributed by atoms with Crippen LogP contribution in [0.1, 0.15) is 53.6 Å². The number of halogens is 1. The van der Waals surface area contributed by atoms with E-state index >= 15 is 0 Å². The van der Waals surface area contributed by atoms with E-state index in [0.717, 1.165) is 36.8 Å². The summed E-state index contributed by atoms with van der Waals surface area (Å²) >= 11 is 0. The van der Waals surface area contributed by atoms with Crippen molar-refractivity contribution in [2.24, 2.45) is 17.6 Å². The molecule has 1 aliphatic heterocycles. The lowest BCUT2D eigenvalue weighted by Gasteiger charge is -2.29. The minimum Gasteiger partial charge on any atom is -0.383 e. The molecule has 2 fully saturated rings. The van der Waals surface area contributed by atoms with E-state index in [4.69, 9.17) is 10.5 Å². The number of ether oxygens (including phenoxy) is 1. The number of carbonyl (C=O) groups is 2. The van der Waals surface area contributed by atoms with Gasteiger partial charge in [0.15, 0.2) is 0 Å². The highest BCUT2D eigenvalue weighted by Crippen LogP contribution is 2.29. The summed E-state index contributed by atoms with van der Waals surface area (Å²) in [6.07, 6.45) is 4.97. The van der Waals surface area contributed by atoms with Gasteiger partial charge in [-0.2, -0.15) is 0 Å². The van der Waals surface area contributed by atoms with Crippen molar-refractivity contribution in [3.8, 4) is 0 Å². The summed E-state index contributed by atoms with van der Waals surface area (Å²) in [5.41, 5.74) is 8.55. The standard InChI is InChI=1S/C31H43FN4O3/c1-22-6-10-26(11-7-22)31(38)36-21-28(35(14-15-39-2)20-23-8-12-27(32)13-9-23)17-29(36)30(37)34-19-25-5-3-4-24(16-25)18-33/h6-13,24-25,28-29H,3-5,14-21,33H2,1-2H3,(H,34,37). The molecule has 0 bridgehead atoms. The van der Waals surface area contributed by atoms with Crippen LogP contribution in [0.2, 0.25) is 0 Å². The minimum absolute atomic E-state index is 0.0355. The second-order valence-electron chi connectivity index (χ2n) is 11.2. The molecular formula is C31H43FN4O3. The van der Waals surface area contributed by atoms with Crippen LogP contribution in [0, 0.1) is 24.6 Å². The monoisotopic (exact) mass is 538 g/mol. The summed E-state index contributed by atoms with van der Waals surface area (Å²) in [6, 6.07) is 13.4. The zero-order valence-electron chi connectivity index (χ0n) is 23.3. The molecule has 2 aromatic carbocycles. The molecule has 39 heavy (non-hydrogen) atoms. The first-order valence-electron chi connectivity index (χ1n) is 14.2.